The summed E-state index contributed by atoms with van der Waals surface area (Å²) in [5.74, 6) is -2.00. The van der Waals surface area contributed by atoms with Gasteiger partial charge in [-0.05, 0) is 68.8 Å². The molecule has 0 aromatic carbocycles. The molecule has 4 rings (SSSR count). The number of nitrogens with zero attached hydrogens (tertiary/aromatic N) is 3. The number of carboxylic acids is 3. The number of likely N-dealkylation sites (tertiary alicyclic amines) is 3. The third-order valence-corrected chi connectivity index (χ3v) is 9.10. The first-order valence-electron chi connectivity index (χ1n) is 13.8. The second-order valence-corrected chi connectivity index (χ2v) is 11.5. The lowest BCUT2D eigenvalue weighted by molar-refractivity contribution is -0.148. The fraction of sp³-hybridized carbons (Fsp3) is 0.778. The molecular formula is C27H41N3O7. The maximum absolute atomic E-state index is 12.4. The van der Waals surface area contributed by atoms with Crippen molar-refractivity contribution in [2.75, 3.05) is 32.7 Å². The van der Waals surface area contributed by atoms with Crippen LogP contribution in [0.3, 0.4) is 0 Å². The van der Waals surface area contributed by atoms with E-state index in [2.05, 4.69) is 4.90 Å². The maximum atomic E-state index is 12.4. The highest BCUT2D eigenvalue weighted by molar-refractivity contribution is 5.91. The van der Waals surface area contributed by atoms with Gasteiger partial charge >= 0.3 is 17.9 Å². The van der Waals surface area contributed by atoms with Crippen LogP contribution in [-0.4, -0.2) is 105 Å². The predicted octanol–water partition coefficient (Wildman–Crippen LogP) is 1.99. The minimum absolute atomic E-state index is 0.138. The molecule has 3 N–H and O–H groups in total. The average Bonchev–Trinajstić information content (AvgIpc) is 3.28. The standard InChI is InChI=1S/C27H41N3O7/c1-2-5-24(31)30-15-18(10-23(30)27(36)37)14-28-12-17(8-9-21(28)25(32)33)13-29-16-20-7-4-3-6-19(20)11-22(29)26(34)35/h2,5,17-23H,3-4,6-16H2,1H3,(H,32,33)(H,34,35)(H,36,37)/b5-2+/t17-,18+,19?,20?,21?,22?,23?/m1/s1. The number of allylic oxidation sites excluding steroid dienone is 1. The van der Waals surface area contributed by atoms with Crippen LogP contribution in [0, 0.1) is 23.7 Å². The van der Waals surface area contributed by atoms with E-state index in [1.165, 1.54) is 23.8 Å². The predicted molar refractivity (Wildman–Crippen MR) is 135 cm³/mol. The van der Waals surface area contributed by atoms with E-state index in [4.69, 9.17) is 0 Å². The van der Waals surface area contributed by atoms with Crippen molar-refractivity contribution in [3.63, 3.8) is 0 Å². The lowest BCUT2D eigenvalue weighted by atomic mass is 9.72. The Bertz CT molecular complexity index is 908. The summed E-state index contributed by atoms with van der Waals surface area (Å²) in [5, 5.41) is 29.5. The van der Waals surface area contributed by atoms with Gasteiger partial charge in [-0.3, -0.25) is 24.2 Å². The van der Waals surface area contributed by atoms with Crippen molar-refractivity contribution in [1.29, 1.82) is 0 Å². The normalized spacial score (nSPS) is 35.4. The molecule has 1 amide bonds. The highest BCUT2D eigenvalue weighted by Crippen LogP contribution is 2.39. The summed E-state index contributed by atoms with van der Waals surface area (Å²) < 4.78 is 0. The summed E-state index contributed by atoms with van der Waals surface area (Å²) in [4.78, 5) is 53.9. The van der Waals surface area contributed by atoms with Crippen LogP contribution in [0.15, 0.2) is 12.2 Å². The van der Waals surface area contributed by atoms with Gasteiger partial charge in [0.05, 0.1) is 0 Å². The lowest BCUT2D eigenvalue weighted by Gasteiger charge is -2.47. The first-order chi connectivity index (χ1) is 17.7. The van der Waals surface area contributed by atoms with Crippen molar-refractivity contribution >= 4 is 23.8 Å². The number of carboxylic acid groups (broad SMARTS) is 3. The first-order valence-corrected chi connectivity index (χ1v) is 13.8. The molecule has 4 fully saturated rings. The fourth-order valence-electron chi connectivity index (χ4n) is 7.35. The zero-order chi connectivity index (χ0) is 26.7. The molecule has 3 aliphatic heterocycles. The van der Waals surface area contributed by atoms with Crippen LogP contribution in [0.25, 0.3) is 0 Å². The van der Waals surface area contributed by atoms with Crippen molar-refractivity contribution in [2.45, 2.75) is 76.4 Å². The Morgan fingerprint density at radius 2 is 1.32 bits per heavy atom. The van der Waals surface area contributed by atoms with Crippen molar-refractivity contribution in [1.82, 2.24) is 14.7 Å². The molecule has 1 saturated carbocycles. The van der Waals surface area contributed by atoms with Gasteiger partial charge in [0, 0.05) is 32.7 Å². The van der Waals surface area contributed by atoms with Crippen LogP contribution >= 0.6 is 0 Å². The number of hydrogen-bond donors (Lipinski definition) is 3. The SMILES string of the molecule is C/C=C/C(=O)N1C[C@H](CN2C[C@H](CN3CC4CCCCC4CC3C(=O)O)CCC2C(=O)O)CC1C(=O)O. The van der Waals surface area contributed by atoms with Crippen LogP contribution in [0.2, 0.25) is 0 Å². The minimum atomic E-state index is -1.04. The number of aliphatic carboxylic acids is 3. The average molecular weight is 520 g/mol. The van der Waals surface area contributed by atoms with E-state index in [1.54, 1.807) is 13.0 Å². The number of hydrogen-bond acceptors (Lipinski definition) is 6. The van der Waals surface area contributed by atoms with Gasteiger partial charge in [-0.1, -0.05) is 25.3 Å². The number of carbonyl (C=O) groups excluding carboxylic acids is 1. The van der Waals surface area contributed by atoms with E-state index < -0.39 is 36.0 Å². The summed E-state index contributed by atoms with van der Waals surface area (Å²) in [6.07, 6.45) is 9.80. The molecule has 0 bridgehead atoms. The molecule has 0 spiro atoms. The summed E-state index contributed by atoms with van der Waals surface area (Å²) in [6.45, 7) is 4.36. The molecule has 10 heteroatoms. The smallest absolute Gasteiger partial charge is 0.326 e. The van der Waals surface area contributed by atoms with Crippen molar-refractivity contribution in [2.24, 2.45) is 23.7 Å². The van der Waals surface area contributed by atoms with E-state index in [0.717, 1.165) is 25.8 Å². The molecule has 3 heterocycles. The monoisotopic (exact) mass is 519 g/mol. The number of fused-ring (bicyclic) bond motifs is 1. The molecule has 0 aromatic heterocycles. The Morgan fingerprint density at radius 3 is 1.97 bits per heavy atom. The van der Waals surface area contributed by atoms with E-state index in [9.17, 15) is 34.5 Å². The number of amides is 1. The molecule has 1 aliphatic carbocycles. The highest BCUT2D eigenvalue weighted by Gasteiger charge is 2.44. The Morgan fingerprint density at radius 1 is 0.703 bits per heavy atom. The summed E-state index contributed by atoms with van der Waals surface area (Å²) in [7, 11) is 0. The Kier molecular flexibility index (Phi) is 8.90. The molecule has 5 unspecified atom stereocenters. The molecule has 3 saturated heterocycles. The van der Waals surface area contributed by atoms with E-state index in [1.807, 2.05) is 4.90 Å². The van der Waals surface area contributed by atoms with Crippen LogP contribution in [0.1, 0.15) is 58.3 Å². The third-order valence-electron chi connectivity index (χ3n) is 9.10. The van der Waals surface area contributed by atoms with Gasteiger partial charge in [0.1, 0.15) is 18.1 Å². The summed E-state index contributed by atoms with van der Waals surface area (Å²) >= 11 is 0. The quantitative estimate of drug-likeness (QED) is 0.411. The number of rotatable bonds is 8. The van der Waals surface area contributed by atoms with Gasteiger partial charge in [0.25, 0.3) is 0 Å². The second-order valence-electron chi connectivity index (χ2n) is 11.5. The molecular weight excluding hydrogens is 478 g/mol. The molecule has 4 aliphatic rings. The highest BCUT2D eigenvalue weighted by atomic mass is 16.4. The first kappa shape index (κ1) is 27.6. The number of piperidine rings is 2. The minimum Gasteiger partial charge on any atom is -0.480 e. The largest absolute Gasteiger partial charge is 0.480 e. The third kappa shape index (κ3) is 6.34. The fourth-order valence-corrected chi connectivity index (χ4v) is 7.35. The van der Waals surface area contributed by atoms with Crippen molar-refractivity contribution in [3.05, 3.63) is 12.2 Å². The van der Waals surface area contributed by atoms with Gasteiger partial charge in [-0.2, -0.15) is 0 Å². The molecule has 7 atom stereocenters. The van der Waals surface area contributed by atoms with E-state index in [-0.39, 0.29) is 24.3 Å². The summed E-state index contributed by atoms with van der Waals surface area (Å²) in [5.41, 5.74) is 0. The molecule has 10 nitrogen and oxygen atoms in total. The van der Waals surface area contributed by atoms with Crippen molar-refractivity contribution in [3.8, 4) is 0 Å². The maximum Gasteiger partial charge on any atom is 0.326 e. The zero-order valence-corrected chi connectivity index (χ0v) is 21.7. The Labute approximate surface area is 218 Å². The van der Waals surface area contributed by atoms with Crippen LogP contribution in [0.4, 0.5) is 0 Å². The van der Waals surface area contributed by atoms with Gasteiger partial charge in [-0.15, -0.1) is 0 Å². The van der Waals surface area contributed by atoms with Crippen LogP contribution < -0.4 is 0 Å². The van der Waals surface area contributed by atoms with Gasteiger partial charge in [0.2, 0.25) is 5.91 Å². The molecule has 37 heavy (non-hydrogen) atoms. The van der Waals surface area contributed by atoms with Gasteiger partial charge in [0.15, 0.2) is 0 Å². The molecule has 0 aromatic rings. The summed E-state index contributed by atoms with van der Waals surface area (Å²) in [6, 6.07) is -2.05. The van der Waals surface area contributed by atoms with Crippen LogP contribution in [-0.2, 0) is 19.2 Å². The Hall–Kier alpha value is -2.46. The topological polar surface area (TPSA) is 139 Å². The zero-order valence-electron chi connectivity index (χ0n) is 21.7. The van der Waals surface area contributed by atoms with Crippen LogP contribution in [0.5, 0.6) is 0 Å². The van der Waals surface area contributed by atoms with Crippen molar-refractivity contribution < 1.29 is 34.5 Å². The van der Waals surface area contributed by atoms with E-state index >= 15 is 0 Å². The molecule has 206 valence electrons. The van der Waals surface area contributed by atoms with Gasteiger partial charge < -0.3 is 20.2 Å². The molecule has 0 radical (unpaired) electrons. The lowest BCUT2D eigenvalue weighted by Crippen LogP contribution is -2.56. The second kappa shape index (κ2) is 11.9. The Balaban J connectivity index is 1.43. The number of carbonyl (C=O) groups is 4. The van der Waals surface area contributed by atoms with Gasteiger partial charge in [-0.25, -0.2) is 4.79 Å². The van der Waals surface area contributed by atoms with E-state index in [0.29, 0.717) is 50.7 Å².